The molecule has 7 heterocycles. The zero-order valence-corrected chi connectivity index (χ0v) is 50.8. The smallest absolute Gasteiger partial charge is 0.254 e. The molecule has 0 saturated carbocycles. The van der Waals surface area contributed by atoms with E-state index in [1.54, 1.807) is 29.4 Å². The van der Waals surface area contributed by atoms with Gasteiger partial charge in [0.2, 0.25) is 17.7 Å². The van der Waals surface area contributed by atoms with Crippen LogP contribution in [0.2, 0.25) is 18.1 Å². The largest absolute Gasteiger partial charge is 0.474 e. The van der Waals surface area contributed by atoms with Gasteiger partial charge in [0, 0.05) is 71.0 Å². The van der Waals surface area contributed by atoms with E-state index in [2.05, 4.69) is 97.5 Å². The molecule has 9 rings (SSSR count). The second kappa shape index (κ2) is 26.1. The van der Waals surface area contributed by atoms with E-state index in [1.807, 2.05) is 69.6 Å². The third-order valence-corrected chi connectivity index (χ3v) is 22.5. The monoisotopic (exact) mass is 1150 g/mol. The number of para-hydroxylation sites is 1. The molecule has 5 aromatic rings. The summed E-state index contributed by atoms with van der Waals surface area (Å²) >= 11 is 1.61. The Labute approximate surface area is 482 Å². The van der Waals surface area contributed by atoms with Crippen molar-refractivity contribution in [1.29, 1.82) is 0 Å². The highest BCUT2D eigenvalue weighted by Gasteiger charge is 2.48. The van der Waals surface area contributed by atoms with E-state index in [9.17, 15) is 14.4 Å². The lowest BCUT2D eigenvalue weighted by Crippen LogP contribution is -2.61. The van der Waals surface area contributed by atoms with Gasteiger partial charge in [0.05, 0.1) is 58.9 Å². The predicted molar refractivity (Wildman–Crippen MR) is 317 cm³/mol. The Morgan fingerprint density at radius 3 is 2.41 bits per heavy atom. The van der Waals surface area contributed by atoms with E-state index >= 15 is 0 Å². The predicted octanol–water partition coefficient (Wildman–Crippen LogP) is 7.29. The fourth-order valence-electron chi connectivity index (χ4n) is 11.5. The molecule has 0 spiro atoms. The number of aromatic nitrogens is 4. The number of nitrogens with one attached hydrogen (secondary N) is 2. The second-order valence-corrected chi connectivity index (χ2v) is 29.7. The van der Waals surface area contributed by atoms with Crippen molar-refractivity contribution in [3.8, 4) is 33.3 Å². The maximum absolute atomic E-state index is 14.9. The van der Waals surface area contributed by atoms with Crippen LogP contribution in [0.3, 0.4) is 0 Å². The van der Waals surface area contributed by atoms with Gasteiger partial charge >= 0.3 is 0 Å². The van der Waals surface area contributed by atoms with Crippen molar-refractivity contribution in [1.82, 2.24) is 45.7 Å². The average molecular weight is 1150 g/mol. The van der Waals surface area contributed by atoms with Crippen molar-refractivity contribution in [2.45, 2.75) is 116 Å². The number of methoxy groups -OCH3 is 1. The number of aryl methyl sites for hydroxylation is 1. The topological polar surface area (TPSA) is 219 Å². The van der Waals surface area contributed by atoms with Crippen LogP contribution in [0, 0.1) is 18.8 Å². The van der Waals surface area contributed by atoms with Crippen LogP contribution in [0.25, 0.3) is 21.7 Å². The molecule has 81 heavy (non-hydrogen) atoms. The number of hydrogen-bond donors (Lipinski definition) is 3. The number of likely N-dealkylation sites (tertiary alicyclic amines) is 2. The zero-order valence-electron chi connectivity index (χ0n) is 49.0. The van der Waals surface area contributed by atoms with Gasteiger partial charge in [-0.25, -0.2) is 4.98 Å². The molecule has 0 radical (unpaired) electrons. The summed E-state index contributed by atoms with van der Waals surface area (Å²) in [4.78, 5) is 58.5. The van der Waals surface area contributed by atoms with E-state index < -0.39 is 20.3 Å². The van der Waals surface area contributed by atoms with Crippen LogP contribution < -0.4 is 35.6 Å². The first-order valence-corrected chi connectivity index (χ1v) is 32.5. The zero-order chi connectivity index (χ0) is 57.6. The third-order valence-electron chi connectivity index (χ3n) is 17.0. The highest BCUT2D eigenvalue weighted by atomic mass is 32.1. The number of nitrogens with zero attached hydrogens (tertiary/aromatic N) is 9. The highest BCUT2D eigenvalue weighted by Crippen LogP contribution is 2.42. The van der Waals surface area contributed by atoms with Gasteiger partial charge < -0.3 is 54.2 Å². The van der Waals surface area contributed by atoms with Crippen LogP contribution >= 0.6 is 11.3 Å². The van der Waals surface area contributed by atoms with Gasteiger partial charge in [-0.3, -0.25) is 24.2 Å². The van der Waals surface area contributed by atoms with Crippen molar-refractivity contribution in [3.63, 3.8) is 0 Å². The summed E-state index contributed by atoms with van der Waals surface area (Å²) in [5.74, 6) is 1.24. The molecule has 3 saturated heterocycles. The van der Waals surface area contributed by atoms with E-state index in [0.717, 1.165) is 97.4 Å². The summed E-state index contributed by atoms with van der Waals surface area (Å²) in [5, 5.41) is 19.8. The summed E-state index contributed by atoms with van der Waals surface area (Å²) in [7, 11) is -0.652. The van der Waals surface area contributed by atoms with Gasteiger partial charge in [-0.2, -0.15) is 0 Å². The average Bonchev–Trinajstić information content (AvgIpc) is 4.24. The Kier molecular flexibility index (Phi) is 19.2. The number of carbonyl (C=O) groups is 3. The molecular formula is C59H84N12O8SSi. The number of carbonyl (C=O) groups excluding carboxylic acids is 3. The molecule has 3 fully saturated rings. The molecule has 3 aromatic heterocycles. The summed E-state index contributed by atoms with van der Waals surface area (Å²) in [6.45, 7) is 27.1. The molecule has 2 aromatic carbocycles. The van der Waals surface area contributed by atoms with E-state index in [4.69, 9.17) is 34.0 Å². The van der Waals surface area contributed by atoms with E-state index in [-0.39, 0.29) is 66.9 Å². The van der Waals surface area contributed by atoms with Crippen LogP contribution in [0.1, 0.15) is 89.8 Å². The maximum Gasteiger partial charge on any atom is 0.254 e. The van der Waals surface area contributed by atoms with Crippen molar-refractivity contribution in [3.05, 3.63) is 83.2 Å². The number of hydrogen-bond acceptors (Lipinski definition) is 18. The molecular weight excluding hydrogens is 1060 g/mol. The van der Waals surface area contributed by atoms with Gasteiger partial charge in [0.15, 0.2) is 26.7 Å². The SMILES string of the molecule is COCOc1ccccc1-c1cc2c(nn1)N(CNC(=O)CN)C[C@H]1CN(CC3CCN(CCOc4cc([C@H](C(=O)N5C[C@H](O[Si](C)(C)C(C)(C)C)C[C@H]5C(=O)N[C@@H](C)c5ccc(-c6scnc6C)cc5)C(C)C)on4)CC3)CCN21. The van der Waals surface area contributed by atoms with Crippen molar-refractivity contribution in [2.75, 3.05) is 102 Å². The van der Waals surface area contributed by atoms with E-state index in [0.29, 0.717) is 55.1 Å². The lowest BCUT2D eigenvalue weighted by Gasteiger charge is -2.49. The normalized spacial score (nSPS) is 20.0. The van der Waals surface area contributed by atoms with Crippen LogP contribution in [0.15, 0.2) is 70.7 Å². The van der Waals surface area contributed by atoms with Crippen molar-refractivity contribution in [2.24, 2.45) is 17.6 Å². The minimum Gasteiger partial charge on any atom is -0.474 e. The number of fused-ring (bicyclic) bond motifs is 3. The maximum atomic E-state index is 14.9. The van der Waals surface area contributed by atoms with Crippen molar-refractivity contribution < 1.29 is 37.5 Å². The van der Waals surface area contributed by atoms with Crippen LogP contribution in [0.5, 0.6) is 11.6 Å². The number of benzene rings is 2. The first kappa shape index (κ1) is 59.6. The fourth-order valence-corrected chi connectivity index (χ4v) is 13.6. The Hall–Kier alpha value is -6.01. The molecule has 438 valence electrons. The molecule has 0 unspecified atom stereocenters. The molecule has 3 amide bonds. The first-order valence-electron chi connectivity index (χ1n) is 28.7. The number of nitrogens with two attached hydrogens (primary N) is 1. The molecule has 0 aliphatic carbocycles. The number of piperazine rings is 1. The molecule has 4 N–H and O–H groups in total. The number of rotatable bonds is 22. The molecule has 22 heteroatoms. The van der Waals surface area contributed by atoms with Crippen LogP contribution in [-0.2, 0) is 23.5 Å². The van der Waals surface area contributed by atoms with Gasteiger partial charge in [0.25, 0.3) is 5.88 Å². The minimum absolute atomic E-state index is 0.0484. The van der Waals surface area contributed by atoms with Gasteiger partial charge in [-0.15, -0.1) is 21.5 Å². The highest BCUT2D eigenvalue weighted by molar-refractivity contribution is 7.13. The summed E-state index contributed by atoms with van der Waals surface area (Å²) in [6, 6.07) is 19.0. The lowest BCUT2D eigenvalue weighted by molar-refractivity contribution is -0.141. The van der Waals surface area contributed by atoms with Crippen LogP contribution in [0.4, 0.5) is 11.5 Å². The second-order valence-electron chi connectivity index (χ2n) is 24.1. The molecule has 0 bridgehead atoms. The van der Waals surface area contributed by atoms with Crippen LogP contribution in [-0.4, -0.2) is 172 Å². The Bertz CT molecular complexity index is 2930. The molecule has 20 nitrogen and oxygen atoms in total. The number of piperidine rings is 1. The fraction of sp³-hybridized carbons (Fsp3) is 0.576. The standard InChI is InChI=1S/C59H84N12O8SSi/c1-38(2)54(58(74)71-34-45(79-81(9,10)59(5,6)7)27-49(71)57(73)63-39(3)42-15-17-43(18-16-42)55-40(4)62-36-80-55)51-29-53(66-78-51)76-26-25-67-21-19-41(20-22-67)31-68-23-24-70-44(32-68)33-69(35-61-52(72)30-60)56-48(70)28-47(64-65-56)46-13-11-12-14-50(46)77-37-75-8/h11-18,28-29,36,38-39,41,44-45,49,54H,19-27,30-35,37,60H2,1-10H3,(H,61,72)(H,63,73)/t39-,44+,45+,49-,54+/m0/s1. The van der Waals surface area contributed by atoms with E-state index in [1.165, 1.54) is 0 Å². The van der Waals surface area contributed by atoms with Gasteiger partial charge in [-0.1, -0.05) is 71.0 Å². The van der Waals surface area contributed by atoms with Crippen molar-refractivity contribution >= 4 is 48.9 Å². The molecule has 4 aliphatic rings. The number of ether oxygens (including phenoxy) is 3. The number of amides is 3. The Morgan fingerprint density at radius 1 is 0.938 bits per heavy atom. The summed E-state index contributed by atoms with van der Waals surface area (Å²) < 4.78 is 30.1. The third kappa shape index (κ3) is 14.1. The lowest BCUT2D eigenvalue weighted by atomic mass is 9.91. The molecule has 5 atom stereocenters. The minimum atomic E-state index is -2.25. The summed E-state index contributed by atoms with van der Waals surface area (Å²) in [5.41, 5.74) is 13.1. The Morgan fingerprint density at radius 2 is 1.70 bits per heavy atom. The Balaban J connectivity index is 0.781. The molecule has 4 aliphatic heterocycles. The number of thiazole rings is 1. The quantitative estimate of drug-likeness (QED) is 0.0458. The number of anilines is 2. The summed E-state index contributed by atoms with van der Waals surface area (Å²) in [6.07, 6.45) is 2.27. The van der Waals surface area contributed by atoms with Gasteiger partial charge in [0.1, 0.15) is 24.3 Å². The van der Waals surface area contributed by atoms with Gasteiger partial charge in [-0.05, 0) is 104 Å². The first-order chi connectivity index (χ1) is 38.8.